The van der Waals surface area contributed by atoms with Crippen molar-refractivity contribution in [2.24, 2.45) is 0 Å². The summed E-state index contributed by atoms with van der Waals surface area (Å²) < 4.78 is 13.6. The standard InChI is InChI=1S/C15H20BrN3O2/c1-20-7-5-17-10-13-11-18-19(12-13)6-8-21-15-4-2-3-14(16)9-15/h2-4,9,11-12,17H,5-8,10H2,1H3. The van der Waals surface area contributed by atoms with Crippen molar-refractivity contribution in [1.82, 2.24) is 15.1 Å². The second-order valence-electron chi connectivity index (χ2n) is 4.59. The van der Waals surface area contributed by atoms with Crippen molar-refractivity contribution in [3.05, 3.63) is 46.7 Å². The number of hydrogen-bond donors (Lipinski definition) is 1. The Kier molecular flexibility index (Phi) is 6.72. The number of nitrogens with zero attached hydrogens (tertiary/aromatic N) is 2. The molecular weight excluding hydrogens is 334 g/mol. The van der Waals surface area contributed by atoms with E-state index in [2.05, 4.69) is 26.3 Å². The van der Waals surface area contributed by atoms with Crippen LogP contribution in [0.3, 0.4) is 0 Å². The van der Waals surface area contributed by atoms with E-state index in [1.54, 1.807) is 7.11 Å². The van der Waals surface area contributed by atoms with Crippen LogP contribution in [0.25, 0.3) is 0 Å². The summed E-state index contributed by atoms with van der Waals surface area (Å²) in [7, 11) is 1.70. The highest BCUT2D eigenvalue weighted by molar-refractivity contribution is 9.10. The van der Waals surface area contributed by atoms with Gasteiger partial charge >= 0.3 is 0 Å². The lowest BCUT2D eigenvalue weighted by atomic mass is 10.3. The minimum atomic E-state index is 0.592. The van der Waals surface area contributed by atoms with Crippen molar-refractivity contribution in [1.29, 1.82) is 0 Å². The average Bonchev–Trinajstić information content (AvgIpc) is 2.92. The molecule has 1 aromatic heterocycles. The van der Waals surface area contributed by atoms with Gasteiger partial charge in [-0.3, -0.25) is 4.68 Å². The van der Waals surface area contributed by atoms with Crippen LogP contribution in [0.1, 0.15) is 5.56 Å². The summed E-state index contributed by atoms with van der Waals surface area (Å²) in [6.07, 6.45) is 3.91. The highest BCUT2D eigenvalue weighted by Crippen LogP contribution is 2.17. The minimum absolute atomic E-state index is 0.592. The van der Waals surface area contributed by atoms with Gasteiger partial charge in [0.25, 0.3) is 0 Å². The first kappa shape index (κ1) is 16.0. The van der Waals surface area contributed by atoms with Crippen LogP contribution in [0.5, 0.6) is 5.75 Å². The monoisotopic (exact) mass is 353 g/mol. The number of rotatable bonds is 9. The summed E-state index contributed by atoms with van der Waals surface area (Å²) in [4.78, 5) is 0. The van der Waals surface area contributed by atoms with Crippen LogP contribution >= 0.6 is 15.9 Å². The van der Waals surface area contributed by atoms with E-state index < -0.39 is 0 Å². The summed E-state index contributed by atoms with van der Waals surface area (Å²) in [5, 5.41) is 7.61. The topological polar surface area (TPSA) is 48.3 Å². The Balaban J connectivity index is 1.70. The van der Waals surface area contributed by atoms with Crippen LogP contribution in [0.2, 0.25) is 0 Å². The van der Waals surface area contributed by atoms with Crippen molar-refractivity contribution < 1.29 is 9.47 Å². The molecule has 2 aromatic rings. The van der Waals surface area contributed by atoms with Gasteiger partial charge in [-0.15, -0.1) is 0 Å². The number of aromatic nitrogens is 2. The van der Waals surface area contributed by atoms with Crippen molar-refractivity contribution in [3.8, 4) is 5.75 Å². The van der Waals surface area contributed by atoms with Crippen LogP contribution in [-0.4, -0.2) is 36.6 Å². The van der Waals surface area contributed by atoms with E-state index in [4.69, 9.17) is 9.47 Å². The third-order valence-corrected chi connectivity index (χ3v) is 3.38. The molecule has 0 aliphatic rings. The number of ether oxygens (including phenoxy) is 2. The number of methoxy groups -OCH3 is 1. The van der Waals surface area contributed by atoms with Crippen molar-refractivity contribution >= 4 is 15.9 Å². The Hall–Kier alpha value is -1.37. The maximum absolute atomic E-state index is 5.69. The number of hydrogen-bond acceptors (Lipinski definition) is 4. The number of benzene rings is 1. The SMILES string of the molecule is COCCNCc1cnn(CCOc2cccc(Br)c2)c1. The molecule has 5 nitrogen and oxygen atoms in total. The molecule has 1 aromatic carbocycles. The molecule has 0 amide bonds. The summed E-state index contributed by atoms with van der Waals surface area (Å²) in [5.41, 5.74) is 1.16. The summed E-state index contributed by atoms with van der Waals surface area (Å²) in [6, 6.07) is 7.83. The van der Waals surface area contributed by atoms with Crippen LogP contribution in [0.4, 0.5) is 0 Å². The van der Waals surface area contributed by atoms with Gasteiger partial charge in [0.2, 0.25) is 0 Å². The summed E-state index contributed by atoms with van der Waals surface area (Å²) >= 11 is 3.42. The second kappa shape index (κ2) is 8.81. The summed E-state index contributed by atoms with van der Waals surface area (Å²) in [5.74, 6) is 0.859. The quantitative estimate of drug-likeness (QED) is 0.703. The van der Waals surface area contributed by atoms with Crippen LogP contribution in [0, 0.1) is 0 Å². The Morgan fingerprint density at radius 3 is 3.05 bits per heavy atom. The highest BCUT2D eigenvalue weighted by atomic mass is 79.9. The van der Waals surface area contributed by atoms with E-state index in [9.17, 15) is 0 Å². The Bertz CT molecular complexity index is 545. The lowest BCUT2D eigenvalue weighted by Gasteiger charge is -2.06. The molecule has 0 saturated heterocycles. The fourth-order valence-corrected chi connectivity index (χ4v) is 2.22. The molecule has 0 saturated carbocycles. The predicted molar refractivity (Wildman–Crippen MR) is 85.4 cm³/mol. The van der Waals surface area contributed by atoms with Crippen molar-refractivity contribution in [2.45, 2.75) is 13.1 Å². The minimum Gasteiger partial charge on any atom is -0.492 e. The van der Waals surface area contributed by atoms with Gasteiger partial charge in [-0.1, -0.05) is 22.0 Å². The normalized spacial score (nSPS) is 10.8. The first-order chi connectivity index (χ1) is 10.3. The van der Waals surface area contributed by atoms with Gasteiger partial charge in [0, 0.05) is 36.4 Å². The van der Waals surface area contributed by atoms with Gasteiger partial charge in [-0.25, -0.2) is 0 Å². The lowest BCUT2D eigenvalue weighted by Crippen LogP contribution is -2.18. The van der Waals surface area contributed by atoms with E-state index in [-0.39, 0.29) is 0 Å². The molecule has 21 heavy (non-hydrogen) atoms. The molecule has 0 radical (unpaired) electrons. The molecular formula is C15H20BrN3O2. The largest absolute Gasteiger partial charge is 0.492 e. The smallest absolute Gasteiger partial charge is 0.120 e. The molecule has 0 bridgehead atoms. The van der Waals surface area contributed by atoms with Crippen LogP contribution in [0.15, 0.2) is 41.1 Å². The summed E-state index contributed by atoms with van der Waals surface area (Å²) in [6.45, 7) is 3.68. The maximum atomic E-state index is 5.69. The second-order valence-corrected chi connectivity index (χ2v) is 5.50. The lowest BCUT2D eigenvalue weighted by molar-refractivity contribution is 0.199. The molecule has 0 aliphatic heterocycles. The molecule has 0 unspecified atom stereocenters. The molecule has 114 valence electrons. The fraction of sp³-hybridized carbons (Fsp3) is 0.400. The first-order valence-electron chi connectivity index (χ1n) is 6.87. The maximum Gasteiger partial charge on any atom is 0.120 e. The Morgan fingerprint density at radius 1 is 1.33 bits per heavy atom. The van der Waals surface area contributed by atoms with Crippen LogP contribution < -0.4 is 10.1 Å². The van der Waals surface area contributed by atoms with Crippen molar-refractivity contribution in [3.63, 3.8) is 0 Å². The van der Waals surface area contributed by atoms with Crippen molar-refractivity contribution in [2.75, 3.05) is 26.9 Å². The predicted octanol–water partition coefficient (Wildman–Crippen LogP) is 2.46. The van der Waals surface area contributed by atoms with Gasteiger partial charge in [-0.2, -0.15) is 5.10 Å². The molecule has 0 atom stereocenters. The molecule has 1 heterocycles. The molecule has 0 aliphatic carbocycles. The Morgan fingerprint density at radius 2 is 2.24 bits per heavy atom. The molecule has 6 heteroatoms. The number of halogens is 1. The highest BCUT2D eigenvalue weighted by Gasteiger charge is 1.99. The van der Waals surface area contributed by atoms with Gasteiger partial charge in [0.05, 0.1) is 19.3 Å². The Labute approximate surface area is 133 Å². The molecule has 2 rings (SSSR count). The van der Waals surface area contributed by atoms with Gasteiger partial charge in [0.15, 0.2) is 0 Å². The average molecular weight is 354 g/mol. The van der Waals surface area contributed by atoms with Gasteiger partial charge in [0.1, 0.15) is 12.4 Å². The van der Waals surface area contributed by atoms with E-state index in [0.717, 1.165) is 35.4 Å². The van der Waals surface area contributed by atoms with Gasteiger partial charge in [-0.05, 0) is 18.2 Å². The third kappa shape index (κ3) is 5.87. The first-order valence-corrected chi connectivity index (χ1v) is 7.66. The molecule has 1 N–H and O–H groups in total. The van der Waals surface area contributed by atoms with Crippen LogP contribution in [-0.2, 0) is 17.8 Å². The number of nitrogens with one attached hydrogen (secondary N) is 1. The zero-order chi connectivity index (χ0) is 14.9. The van der Waals surface area contributed by atoms with Gasteiger partial charge < -0.3 is 14.8 Å². The zero-order valence-electron chi connectivity index (χ0n) is 12.1. The molecule has 0 spiro atoms. The molecule has 0 fully saturated rings. The van der Waals surface area contributed by atoms with E-state index >= 15 is 0 Å². The zero-order valence-corrected chi connectivity index (χ0v) is 13.7. The third-order valence-electron chi connectivity index (χ3n) is 2.88. The fourth-order valence-electron chi connectivity index (χ4n) is 1.84. The van der Waals surface area contributed by atoms with E-state index in [1.165, 1.54) is 0 Å². The van der Waals surface area contributed by atoms with E-state index in [0.29, 0.717) is 13.2 Å². The van der Waals surface area contributed by atoms with E-state index in [1.807, 2.05) is 41.3 Å².